The number of imide groups is 1. The third kappa shape index (κ3) is 5.50. The number of methoxy groups -OCH3 is 2. The lowest BCUT2D eigenvalue weighted by atomic mass is 10.2. The molecule has 0 aliphatic heterocycles. The lowest BCUT2D eigenvalue weighted by Crippen LogP contribution is -2.41. The molecule has 0 saturated carbocycles. The van der Waals surface area contributed by atoms with Crippen LogP contribution in [0.25, 0.3) is 0 Å². The number of ether oxygens (including phenoxy) is 3. The summed E-state index contributed by atoms with van der Waals surface area (Å²) in [4.78, 5) is 35.0. The van der Waals surface area contributed by atoms with Crippen molar-refractivity contribution in [2.24, 2.45) is 0 Å². The van der Waals surface area contributed by atoms with Gasteiger partial charge in [-0.2, -0.15) is 0 Å². The molecule has 0 fully saturated rings. The lowest BCUT2D eigenvalue weighted by molar-refractivity contribution is -0.123. The Balaban J connectivity index is 2.64. The quantitative estimate of drug-likeness (QED) is 0.728. The molecule has 3 amide bonds. The van der Waals surface area contributed by atoms with Crippen LogP contribution in [0.5, 0.6) is 11.5 Å². The normalized spacial score (nSPS) is 9.70. The van der Waals surface area contributed by atoms with Gasteiger partial charge < -0.3 is 19.5 Å². The highest BCUT2D eigenvalue weighted by atomic mass is 16.5. The highest BCUT2D eigenvalue weighted by Gasteiger charge is 2.21. The monoisotopic (exact) mass is 324 g/mol. The first-order chi connectivity index (χ1) is 11.0. The van der Waals surface area contributed by atoms with E-state index in [1.54, 1.807) is 18.2 Å². The smallest absolute Gasteiger partial charge is 0.346 e. The van der Waals surface area contributed by atoms with Crippen LogP contribution < -0.4 is 20.1 Å². The van der Waals surface area contributed by atoms with Gasteiger partial charge in [0.15, 0.2) is 6.61 Å². The van der Waals surface area contributed by atoms with Crippen molar-refractivity contribution in [3.8, 4) is 11.5 Å². The number of nitrogens with one attached hydrogen (secondary N) is 2. The Morgan fingerprint density at radius 2 is 1.70 bits per heavy atom. The van der Waals surface area contributed by atoms with Crippen LogP contribution in [0.3, 0.4) is 0 Å². The SMILES string of the molecule is CCCNC(=O)NC(=O)COC(=O)c1c(OC)cccc1OC. The van der Waals surface area contributed by atoms with E-state index >= 15 is 0 Å². The minimum Gasteiger partial charge on any atom is -0.496 e. The van der Waals surface area contributed by atoms with Crippen molar-refractivity contribution < 1.29 is 28.6 Å². The second-order valence-electron chi connectivity index (χ2n) is 4.42. The summed E-state index contributed by atoms with van der Waals surface area (Å²) in [5.41, 5.74) is 0.0701. The Hall–Kier alpha value is -2.77. The van der Waals surface area contributed by atoms with Crippen molar-refractivity contribution in [1.29, 1.82) is 0 Å². The molecule has 0 radical (unpaired) electrons. The van der Waals surface area contributed by atoms with E-state index in [0.717, 1.165) is 6.42 Å². The minimum atomic E-state index is -0.789. The first-order valence-corrected chi connectivity index (χ1v) is 6.99. The summed E-state index contributed by atoms with van der Waals surface area (Å²) in [6, 6.07) is 4.15. The van der Waals surface area contributed by atoms with Crippen molar-refractivity contribution in [3.05, 3.63) is 23.8 Å². The van der Waals surface area contributed by atoms with E-state index in [0.29, 0.717) is 6.54 Å². The number of urea groups is 1. The first-order valence-electron chi connectivity index (χ1n) is 6.99. The number of hydrogen-bond acceptors (Lipinski definition) is 6. The highest BCUT2D eigenvalue weighted by molar-refractivity contribution is 5.99. The van der Waals surface area contributed by atoms with Crippen molar-refractivity contribution >= 4 is 17.9 Å². The fraction of sp³-hybridized carbons (Fsp3) is 0.400. The second-order valence-corrected chi connectivity index (χ2v) is 4.42. The highest BCUT2D eigenvalue weighted by Crippen LogP contribution is 2.28. The molecule has 0 heterocycles. The Morgan fingerprint density at radius 3 is 2.22 bits per heavy atom. The van der Waals surface area contributed by atoms with E-state index in [1.165, 1.54) is 14.2 Å². The maximum atomic E-state index is 12.1. The second kappa shape index (κ2) is 9.29. The van der Waals surface area contributed by atoms with Crippen LogP contribution in [0.2, 0.25) is 0 Å². The number of esters is 1. The first kappa shape index (κ1) is 18.3. The zero-order valence-electron chi connectivity index (χ0n) is 13.3. The molecule has 0 unspecified atom stereocenters. The van der Waals surface area contributed by atoms with Crippen LogP contribution in [-0.4, -0.2) is 45.3 Å². The van der Waals surface area contributed by atoms with Gasteiger partial charge in [-0.1, -0.05) is 13.0 Å². The third-order valence-corrected chi connectivity index (χ3v) is 2.75. The van der Waals surface area contributed by atoms with Crippen LogP contribution in [0, 0.1) is 0 Å². The van der Waals surface area contributed by atoms with E-state index in [-0.39, 0.29) is 17.1 Å². The summed E-state index contributed by atoms with van der Waals surface area (Å²) in [7, 11) is 2.80. The Kier molecular flexibility index (Phi) is 7.38. The van der Waals surface area contributed by atoms with Gasteiger partial charge in [0.1, 0.15) is 17.1 Å². The molecule has 0 aliphatic rings. The molecular formula is C15H20N2O6. The molecule has 0 aliphatic carbocycles. The standard InChI is InChI=1S/C15H20N2O6/c1-4-8-16-15(20)17-12(18)9-23-14(19)13-10(21-2)6-5-7-11(13)22-3/h5-7H,4,8-9H2,1-3H3,(H2,16,17,18,20). The van der Waals surface area contributed by atoms with Crippen LogP contribution in [-0.2, 0) is 9.53 Å². The average Bonchev–Trinajstić information content (AvgIpc) is 2.56. The summed E-state index contributed by atoms with van der Waals surface area (Å²) in [6.07, 6.45) is 0.740. The van der Waals surface area contributed by atoms with Crippen LogP contribution in [0.4, 0.5) is 4.79 Å². The third-order valence-electron chi connectivity index (χ3n) is 2.75. The van der Waals surface area contributed by atoms with Crippen molar-refractivity contribution in [2.75, 3.05) is 27.4 Å². The Bertz CT molecular complexity index is 551. The molecule has 0 aromatic heterocycles. The molecule has 23 heavy (non-hydrogen) atoms. The van der Waals surface area contributed by atoms with Gasteiger partial charge in [0.25, 0.3) is 5.91 Å². The van der Waals surface area contributed by atoms with Crippen molar-refractivity contribution in [2.45, 2.75) is 13.3 Å². The number of carbonyl (C=O) groups excluding carboxylic acids is 3. The molecule has 8 heteroatoms. The van der Waals surface area contributed by atoms with Crippen LogP contribution in [0.1, 0.15) is 23.7 Å². The minimum absolute atomic E-state index is 0.0701. The van der Waals surface area contributed by atoms with Crippen LogP contribution >= 0.6 is 0 Å². The zero-order valence-corrected chi connectivity index (χ0v) is 13.3. The summed E-state index contributed by atoms with van der Waals surface area (Å²) >= 11 is 0. The Morgan fingerprint density at radius 1 is 1.09 bits per heavy atom. The molecule has 1 rings (SSSR count). The average molecular weight is 324 g/mol. The number of hydrogen-bond donors (Lipinski definition) is 2. The van der Waals surface area contributed by atoms with Gasteiger partial charge in [-0.15, -0.1) is 0 Å². The van der Waals surface area contributed by atoms with E-state index in [1.807, 2.05) is 6.92 Å². The fourth-order valence-corrected chi connectivity index (χ4v) is 1.70. The molecule has 2 N–H and O–H groups in total. The topological polar surface area (TPSA) is 103 Å². The van der Waals surface area contributed by atoms with Gasteiger partial charge in [0.05, 0.1) is 14.2 Å². The molecular weight excluding hydrogens is 304 g/mol. The predicted octanol–water partition coefficient (Wildman–Crippen LogP) is 1.10. The number of carbonyl (C=O) groups is 3. The van der Waals surface area contributed by atoms with Gasteiger partial charge in [0.2, 0.25) is 0 Å². The molecule has 8 nitrogen and oxygen atoms in total. The van der Waals surface area contributed by atoms with E-state index in [4.69, 9.17) is 14.2 Å². The summed E-state index contributed by atoms with van der Waals surface area (Å²) in [6.45, 7) is 1.72. The Labute approximate surface area is 134 Å². The van der Waals surface area contributed by atoms with Gasteiger partial charge >= 0.3 is 12.0 Å². The summed E-state index contributed by atoms with van der Waals surface area (Å²) in [5, 5.41) is 4.52. The largest absolute Gasteiger partial charge is 0.496 e. The van der Waals surface area contributed by atoms with E-state index in [9.17, 15) is 14.4 Å². The van der Waals surface area contributed by atoms with Gasteiger partial charge in [-0.25, -0.2) is 9.59 Å². The van der Waals surface area contributed by atoms with Gasteiger partial charge in [0, 0.05) is 6.54 Å². The summed E-state index contributed by atoms with van der Waals surface area (Å²) in [5.74, 6) is -1.00. The predicted molar refractivity (Wildman–Crippen MR) is 81.7 cm³/mol. The maximum Gasteiger partial charge on any atom is 0.346 e. The van der Waals surface area contributed by atoms with Gasteiger partial charge in [-0.3, -0.25) is 10.1 Å². The molecule has 1 aromatic rings. The van der Waals surface area contributed by atoms with Crippen molar-refractivity contribution in [1.82, 2.24) is 10.6 Å². The molecule has 1 aromatic carbocycles. The van der Waals surface area contributed by atoms with Gasteiger partial charge in [-0.05, 0) is 18.6 Å². The van der Waals surface area contributed by atoms with Crippen LogP contribution in [0.15, 0.2) is 18.2 Å². The molecule has 0 spiro atoms. The lowest BCUT2D eigenvalue weighted by Gasteiger charge is -2.12. The maximum absolute atomic E-state index is 12.1. The number of amides is 3. The van der Waals surface area contributed by atoms with E-state index < -0.39 is 24.5 Å². The zero-order chi connectivity index (χ0) is 17.2. The summed E-state index contributed by atoms with van der Waals surface area (Å²) < 4.78 is 15.0. The number of benzene rings is 1. The fourth-order valence-electron chi connectivity index (χ4n) is 1.70. The molecule has 0 atom stereocenters. The van der Waals surface area contributed by atoms with Crippen molar-refractivity contribution in [3.63, 3.8) is 0 Å². The molecule has 126 valence electrons. The molecule has 0 bridgehead atoms. The van der Waals surface area contributed by atoms with E-state index in [2.05, 4.69) is 10.6 Å². The number of rotatable bonds is 7. The molecule has 0 saturated heterocycles.